The maximum Gasteiger partial charge on any atom is 0.490 e. The highest BCUT2D eigenvalue weighted by atomic mass is 19.4. The number of pyridine rings is 1. The van der Waals surface area contributed by atoms with Crippen LogP contribution in [0.2, 0.25) is 0 Å². The molecule has 0 radical (unpaired) electrons. The minimum atomic E-state index is -5.08. The lowest BCUT2D eigenvalue weighted by atomic mass is 9.89. The number of carbonyl (C=O) groups excluding carboxylic acids is 1. The third-order valence-electron chi connectivity index (χ3n) is 6.01. The van der Waals surface area contributed by atoms with E-state index in [0.717, 1.165) is 38.0 Å². The van der Waals surface area contributed by atoms with E-state index in [4.69, 9.17) is 19.4 Å². The minimum absolute atomic E-state index is 0.0894. The smallest absolute Gasteiger partial charge is 0.475 e. The van der Waals surface area contributed by atoms with E-state index >= 15 is 0 Å². The molecular weight excluding hydrogens is 436 g/mol. The number of alkyl halides is 3. The van der Waals surface area contributed by atoms with Crippen molar-refractivity contribution in [1.29, 1.82) is 0 Å². The number of amides is 1. The minimum Gasteiger partial charge on any atom is -0.475 e. The number of ether oxygens (including phenoxy) is 2. The number of rotatable bonds is 5. The zero-order valence-corrected chi connectivity index (χ0v) is 17.4. The molecule has 2 saturated carbocycles. The second-order valence-electron chi connectivity index (χ2n) is 8.37. The summed E-state index contributed by atoms with van der Waals surface area (Å²) in [4.78, 5) is 27.1. The molecular formula is C21H26F4N2O5. The van der Waals surface area contributed by atoms with Gasteiger partial charge < -0.3 is 19.5 Å². The monoisotopic (exact) mass is 462 g/mol. The van der Waals surface area contributed by atoms with E-state index in [1.54, 1.807) is 4.90 Å². The van der Waals surface area contributed by atoms with Crippen LogP contribution in [0.5, 0.6) is 0 Å². The first-order chi connectivity index (χ1) is 15.1. The van der Waals surface area contributed by atoms with Crippen LogP contribution in [0.1, 0.15) is 42.5 Å². The highest BCUT2D eigenvalue weighted by molar-refractivity contribution is 5.94. The number of halogens is 4. The standard InChI is InChI=1S/C19H25FN2O3.C2HF3O2/c20-17-10-21-7-5-16(17)18(23)22-8-9-25-19(13-22)6-1-2-15(19)12-24-11-14-3-4-14;3-2(4,5)1(6)7/h5,7,10,14-15H,1-4,6,8-9,11-13H2;(H,6,7)/t15-,19+;/m0./s1. The molecule has 0 bridgehead atoms. The summed E-state index contributed by atoms with van der Waals surface area (Å²) in [7, 11) is 0. The maximum atomic E-state index is 13.9. The molecule has 32 heavy (non-hydrogen) atoms. The Morgan fingerprint density at radius 2 is 2.00 bits per heavy atom. The summed E-state index contributed by atoms with van der Waals surface area (Å²) >= 11 is 0. The molecule has 178 valence electrons. The molecule has 11 heteroatoms. The van der Waals surface area contributed by atoms with E-state index in [1.165, 1.54) is 25.1 Å². The van der Waals surface area contributed by atoms with Crippen LogP contribution in [0.25, 0.3) is 0 Å². The van der Waals surface area contributed by atoms with E-state index in [9.17, 15) is 22.4 Å². The van der Waals surface area contributed by atoms with Gasteiger partial charge in [0.15, 0.2) is 5.82 Å². The molecule has 4 rings (SSSR count). The van der Waals surface area contributed by atoms with Gasteiger partial charge in [0.05, 0.1) is 37.1 Å². The fourth-order valence-corrected chi connectivity index (χ4v) is 4.11. The van der Waals surface area contributed by atoms with Crippen molar-refractivity contribution < 1.29 is 41.7 Å². The van der Waals surface area contributed by atoms with Crippen molar-refractivity contribution in [2.45, 2.75) is 43.9 Å². The van der Waals surface area contributed by atoms with E-state index in [0.29, 0.717) is 32.2 Å². The molecule has 1 saturated heterocycles. The summed E-state index contributed by atoms with van der Waals surface area (Å²) < 4.78 is 57.8. The average Bonchev–Trinajstić information content (AvgIpc) is 3.50. The second-order valence-corrected chi connectivity index (χ2v) is 8.37. The topological polar surface area (TPSA) is 89.0 Å². The van der Waals surface area contributed by atoms with Gasteiger partial charge in [-0.05, 0) is 37.7 Å². The first kappa shape index (κ1) is 24.4. The van der Waals surface area contributed by atoms with Crippen LogP contribution < -0.4 is 0 Å². The summed E-state index contributed by atoms with van der Waals surface area (Å²) in [5.74, 6) is -2.54. The molecule has 1 aromatic heterocycles. The number of hydrogen-bond acceptors (Lipinski definition) is 5. The van der Waals surface area contributed by atoms with Crippen molar-refractivity contribution in [3.05, 3.63) is 29.8 Å². The van der Waals surface area contributed by atoms with Gasteiger partial charge >= 0.3 is 12.1 Å². The summed E-state index contributed by atoms with van der Waals surface area (Å²) in [6, 6.07) is 1.45. The quantitative estimate of drug-likeness (QED) is 0.676. The van der Waals surface area contributed by atoms with Crippen molar-refractivity contribution in [2.24, 2.45) is 11.8 Å². The molecule has 1 N–H and O–H groups in total. The number of morpholine rings is 1. The SMILES string of the molecule is O=C(O)C(F)(F)F.O=C(c1ccncc1F)N1CCO[C@]2(CCC[C@H]2COCC2CC2)C1. The van der Waals surface area contributed by atoms with Gasteiger partial charge in [-0.25, -0.2) is 9.18 Å². The summed E-state index contributed by atoms with van der Waals surface area (Å²) in [6.45, 7) is 3.06. The Morgan fingerprint density at radius 1 is 1.28 bits per heavy atom. The molecule has 0 aromatic carbocycles. The molecule has 1 aliphatic heterocycles. The average molecular weight is 462 g/mol. The third-order valence-corrected chi connectivity index (χ3v) is 6.01. The van der Waals surface area contributed by atoms with Crippen LogP contribution >= 0.6 is 0 Å². The zero-order chi connectivity index (χ0) is 23.4. The summed E-state index contributed by atoms with van der Waals surface area (Å²) in [5, 5.41) is 7.12. The van der Waals surface area contributed by atoms with Crippen molar-refractivity contribution in [2.75, 3.05) is 32.9 Å². The number of nitrogens with zero attached hydrogens (tertiary/aromatic N) is 2. The second kappa shape index (κ2) is 10.1. The predicted octanol–water partition coefficient (Wildman–Crippen LogP) is 3.29. The van der Waals surface area contributed by atoms with Gasteiger partial charge in [0, 0.05) is 25.3 Å². The van der Waals surface area contributed by atoms with Gasteiger partial charge in [0.2, 0.25) is 0 Å². The molecule has 3 fully saturated rings. The lowest BCUT2D eigenvalue weighted by molar-refractivity contribution is -0.192. The number of carboxylic acid groups (broad SMARTS) is 1. The first-order valence-corrected chi connectivity index (χ1v) is 10.5. The van der Waals surface area contributed by atoms with Crippen LogP contribution in [-0.4, -0.2) is 71.6 Å². The van der Waals surface area contributed by atoms with Crippen molar-refractivity contribution in [3.63, 3.8) is 0 Å². The molecule has 2 atom stereocenters. The number of aliphatic carboxylic acids is 1. The molecule has 1 aromatic rings. The van der Waals surface area contributed by atoms with Crippen LogP contribution in [-0.2, 0) is 14.3 Å². The Morgan fingerprint density at radius 3 is 2.62 bits per heavy atom. The first-order valence-electron chi connectivity index (χ1n) is 10.5. The van der Waals surface area contributed by atoms with Crippen molar-refractivity contribution in [1.82, 2.24) is 9.88 Å². The molecule has 3 aliphatic rings. The Kier molecular flexibility index (Phi) is 7.71. The van der Waals surface area contributed by atoms with Crippen LogP contribution in [0.4, 0.5) is 17.6 Å². The maximum absolute atomic E-state index is 13.9. The molecule has 1 amide bonds. The fraction of sp³-hybridized carbons (Fsp3) is 0.667. The number of carbonyl (C=O) groups is 2. The van der Waals surface area contributed by atoms with Crippen molar-refractivity contribution >= 4 is 11.9 Å². The fourth-order valence-electron chi connectivity index (χ4n) is 4.11. The van der Waals surface area contributed by atoms with Gasteiger partial charge in [-0.3, -0.25) is 9.78 Å². The molecule has 0 unspecified atom stereocenters. The lowest BCUT2D eigenvalue weighted by Gasteiger charge is -2.44. The Labute approximate surface area is 182 Å². The largest absolute Gasteiger partial charge is 0.490 e. The van der Waals surface area contributed by atoms with Gasteiger partial charge in [-0.15, -0.1) is 0 Å². The molecule has 2 heterocycles. The van der Waals surface area contributed by atoms with E-state index in [1.807, 2.05) is 0 Å². The number of hydrogen-bond donors (Lipinski definition) is 1. The van der Waals surface area contributed by atoms with E-state index < -0.39 is 18.0 Å². The highest BCUT2D eigenvalue weighted by Crippen LogP contribution is 2.42. The third kappa shape index (κ3) is 6.16. The number of carboxylic acids is 1. The van der Waals surface area contributed by atoms with E-state index in [2.05, 4.69) is 4.98 Å². The van der Waals surface area contributed by atoms with Gasteiger partial charge in [-0.1, -0.05) is 6.42 Å². The summed E-state index contributed by atoms with van der Waals surface area (Å²) in [6.07, 6.45) is 3.12. The highest BCUT2D eigenvalue weighted by Gasteiger charge is 2.48. The summed E-state index contributed by atoms with van der Waals surface area (Å²) in [5.41, 5.74) is -0.243. The number of aromatic nitrogens is 1. The Balaban J connectivity index is 0.000000360. The molecule has 2 aliphatic carbocycles. The molecule has 7 nitrogen and oxygen atoms in total. The predicted molar refractivity (Wildman–Crippen MR) is 103 cm³/mol. The van der Waals surface area contributed by atoms with Crippen LogP contribution in [0, 0.1) is 17.7 Å². The normalized spacial score (nSPS) is 25.4. The lowest BCUT2D eigenvalue weighted by Crippen LogP contribution is -2.56. The Hall–Kier alpha value is -2.27. The van der Waals surface area contributed by atoms with E-state index in [-0.39, 0.29) is 17.1 Å². The zero-order valence-electron chi connectivity index (χ0n) is 17.4. The van der Waals surface area contributed by atoms with Crippen LogP contribution in [0.15, 0.2) is 18.5 Å². The Bertz CT molecular complexity index is 818. The van der Waals surface area contributed by atoms with Gasteiger partial charge in [0.25, 0.3) is 5.91 Å². The van der Waals surface area contributed by atoms with Crippen LogP contribution in [0.3, 0.4) is 0 Å². The van der Waals surface area contributed by atoms with Crippen molar-refractivity contribution in [3.8, 4) is 0 Å². The van der Waals surface area contributed by atoms with Gasteiger partial charge in [0.1, 0.15) is 0 Å². The molecule has 1 spiro atoms. The van der Waals surface area contributed by atoms with Gasteiger partial charge in [-0.2, -0.15) is 13.2 Å².